The normalized spacial score (nSPS) is 10.7. The third kappa shape index (κ3) is 2.48. The molecule has 0 radical (unpaired) electrons. The molecule has 0 unspecified atom stereocenters. The van der Waals surface area contributed by atoms with Gasteiger partial charge in [0.15, 0.2) is 0 Å². The molecule has 2 N–H and O–H groups in total. The molecule has 0 bridgehead atoms. The zero-order chi connectivity index (χ0) is 15.0. The molecule has 8 heteroatoms. The van der Waals surface area contributed by atoms with Crippen LogP contribution in [0.15, 0.2) is 40.9 Å². The molecule has 2 heterocycles. The van der Waals surface area contributed by atoms with Crippen LogP contribution < -0.4 is 5.73 Å². The Morgan fingerprint density at radius 1 is 1.24 bits per heavy atom. The molecule has 0 atom stereocenters. The molecule has 3 aromatic rings. The number of anilines is 1. The van der Waals surface area contributed by atoms with E-state index in [2.05, 4.69) is 5.16 Å². The van der Waals surface area contributed by atoms with E-state index in [1.165, 1.54) is 6.07 Å². The first-order valence-electron chi connectivity index (χ1n) is 5.82. The van der Waals surface area contributed by atoms with E-state index in [0.29, 0.717) is 21.2 Å². The Balaban J connectivity index is 2.11. The van der Waals surface area contributed by atoms with Crippen molar-refractivity contribution in [3.05, 3.63) is 51.5 Å². The molecule has 0 saturated heterocycles. The predicted molar refractivity (Wildman–Crippen MR) is 81.3 cm³/mol. The SMILES string of the molecule is Nc1onc(-c2ccc([N+](=O)[O-])s2)c1-c1ccc(Cl)cc1. The summed E-state index contributed by atoms with van der Waals surface area (Å²) in [6.45, 7) is 0. The fourth-order valence-corrected chi connectivity index (χ4v) is 2.85. The highest BCUT2D eigenvalue weighted by Crippen LogP contribution is 2.40. The van der Waals surface area contributed by atoms with Gasteiger partial charge in [-0.15, -0.1) is 0 Å². The van der Waals surface area contributed by atoms with E-state index in [1.807, 2.05) is 0 Å². The van der Waals surface area contributed by atoms with Crippen molar-refractivity contribution in [2.45, 2.75) is 0 Å². The van der Waals surface area contributed by atoms with Gasteiger partial charge in [-0.3, -0.25) is 10.1 Å². The second-order valence-corrected chi connectivity index (χ2v) is 5.67. The minimum atomic E-state index is -0.445. The second kappa shape index (κ2) is 5.19. The lowest BCUT2D eigenvalue weighted by molar-refractivity contribution is -0.380. The van der Waals surface area contributed by atoms with Crippen LogP contribution in [-0.2, 0) is 0 Å². The fraction of sp³-hybridized carbons (Fsp3) is 0. The van der Waals surface area contributed by atoms with Crippen molar-refractivity contribution in [1.82, 2.24) is 5.16 Å². The van der Waals surface area contributed by atoms with Crippen LogP contribution in [0.3, 0.4) is 0 Å². The van der Waals surface area contributed by atoms with Crippen LogP contribution in [0.4, 0.5) is 10.9 Å². The van der Waals surface area contributed by atoms with Gasteiger partial charge < -0.3 is 10.3 Å². The lowest BCUT2D eigenvalue weighted by atomic mass is 10.1. The molecule has 0 fully saturated rings. The summed E-state index contributed by atoms with van der Waals surface area (Å²) >= 11 is 6.88. The number of nitrogens with two attached hydrogens (primary N) is 1. The Labute approximate surface area is 127 Å². The first-order valence-corrected chi connectivity index (χ1v) is 7.01. The van der Waals surface area contributed by atoms with Gasteiger partial charge >= 0.3 is 5.00 Å². The number of rotatable bonds is 3. The first-order chi connectivity index (χ1) is 10.1. The number of aromatic nitrogens is 1. The third-order valence-corrected chi connectivity index (χ3v) is 4.15. The number of thiophene rings is 1. The molecule has 3 rings (SSSR count). The van der Waals surface area contributed by atoms with E-state index in [-0.39, 0.29) is 10.9 Å². The lowest BCUT2D eigenvalue weighted by Gasteiger charge is -2.01. The molecule has 6 nitrogen and oxygen atoms in total. The van der Waals surface area contributed by atoms with Crippen LogP contribution in [0.25, 0.3) is 21.7 Å². The van der Waals surface area contributed by atoms with Gasteiger partial charge in [0, 0.05) is 11.1 Å². The van der Waals surface area contributed by atoms with Crippen LogP contribution in [-0.4, -0.2) is 10.1 Å². The molecular formula is C13H8ClN3O3S. The molecule has 0 saturated carbocycles. The van der Waals surface area contributed by atoms with Gasteiger partial charge in [-0.25, -0.2) is 0 Å². The van der Waals surface area contributed by atoms with E-state index in [1.54, 1.807) is 30.3 Å². The maximum atomic E-state index is 10.8. The third-order valence-electron chi connectivity index (χ3n) is 2.86. The molecule has 1 aromatic carbocycles. The van der Waals surface area contributed by atoms with Crippen molar-refractivity contribution >= 4 is 33.8 Å². The fourth-order valence-electron chi connectivity index (χ4n) is 1.92. The van der Waals surface area contributed by atoms with Gasteiger partial charge in [0.05, 0.1) is 15.4 Å². The summed E-state index contributed by atoms with van der Waals surface area (Å²) in [5, 5.41) is 15.3. The molecule has 0 amide bonds. The Morgan fingerprint density at radius 3 is 2.57 bits per heavy atom. The Hall–Kier alpha value is -2.38. The van der Waals surface area contributed by atoms with Crippen LogP contribution >= 0.6 is 22.9 Å². The van der Waals surface area contributed by atoms with Crippen LogP contribution in [0.1, 0.15) is 0 Å². The Kier molecular flexibility index (Phi) is 3.36. The summed E-state index contributed by atoms with van der Waals surface area (Å²) in [6, 6.07) is 10.1. The molecule has 106 valence electrons. The van der Waals surface area contributed by atoms with Gasteiger partial charge in [0.2, 0.25) is 5.88 Å². The van der Waals surface area contributed by atoms with Crippen molar-refractivity contribution in [3.8, 4) is 21.7 Å². The molecule has 0 aliphatic rings. The van der Waals surface area contributed by atoms with E-state index in [9.17, 15) is 10.1 Å². The first kappa shape index (κ1) is 13.6. The van der Waals surface area contributed by atoms with Gasteiger partial charge in [-0.2, -0.15) is 0 Å². The summed E-state index contributed by atoms with van der Waals surface area (Å²) in [5.74, 6) is 0.156. The highest BCUT2D eigenvalue weighted by atomic mass is 35.5. The average molecular weight is 322 g/mol. The van der Waals surface area contributed by atoms with Crippen molar-refractivity contribution < 1.29 is 9.45 Å². The van der Waals surface area contributed by atoms with E-state index in [0.717, 1.165) is 16.9 Å². The van der Waals surface area contributed by atoms with Gasteiger partial charge in [0.25, 0.3) is 0 Å². The number of halogens is 1. The molecular weight excluding hydrogens is 314 g/mol. The van der Waals surface area contributed by atoms with Gasteiger partial charge in [0.1, 0.15) is 5.69 Å². The Bertz CT molecular complexity index is 810. The van der Waals surface area contributed by atoms with Gasteiger partial charge in [-0.1, -0.05) is 40.2 Å². The zero-order valence-corrected chi connectivity index (χ0v) is 12.0. The number of nitrogen functional groups attached to an aromatic ring is 1. The monoisotopic (exact) mass is 321 g/mol. The maximum absolute atomic E-state index is 10.8. The Morgan fingerprint density at radius 2 is 1.95 bits per heavy atom. The van der Waals surface area contributed by atoms with Crippen LogP contribution in [0, 0.1) is 10.1 Å². The van der Waals surface area contributed by atoms with E-state index in [4.69, 9.17) is 21.9 Å². The number of hydrogen-bond donors (Lipinski definition) is 1. The zero-order valence-electron chi connectivity index (χ0n) is 10.4. The van der Waals surface area contributed by atoms with Crippen LogP contribution in [0.5, 0.6) is 0 Å². The number of benzene rings is 1. The molecule has 0 aliphatic carbocycles. The molecule has 0 aliphatic heterocycles. The summed E-state index contributed by atoms with van der Waals surface area (Å²) in [4.78, 5) is 10.9. The summed E-state index contributed by atoms with van der Waals surface area (Å²) in [5.41, 5.74) is 7.69. The minimum Gasteiger partial charge on any atom is -0.367 e. The number of nitro groups is 1. The average Bonchev–Trinajstić information content (AvgIpc) is 3.06. The molecule has 0 spiro atoms. The second-order valence-electron chi connectivity index (χ2n) is 4.17. The molecule has 2 aromatic heterocycles. The van der Waals surface area contributed by atoms with Crippen LogP contribution in [0.2, 0.25) is 5.02 Å². The summed E-state index contributed by atoms with van der Waals surface area (Å²) in [7, 11) is 0. The summed E-state index contributed by atoms with van der Waals surface area (Å²) < 4.78 is 5.04. The minimum absolute atomic E-state index is 0.0358. The number of nitrogens with zero attached hydrogens (tertiary/aromatic N) is 2. The smallest absolute Gasteiger partial charge is 0.324 e. The van der Waals surface area contributed by atoms with E-state index >= 15 is 0 Å². The topological polar surface area (TPSA) is 95.2 Å². The van der Waals surface area contributed by atoms with E-state index < -0.39 is 4.92 Å². The van der Waals surface area contributed by atoms with Crippen molar-refractivity contribution in [2.24, 2.45) is 0 Å². The predicted octanol–water partition coefficient (Wildman–Crippen LogP) is 4.21. The summed E-state index contributed by atoms with van der Waals surface area (Å²) in [6.07, 6.45) is 0. The van der Waals surface area contributed by atoms with Gasteiger partial charge in [-0.05, 0) is 23.8 Å². The van der Waals surface area contributed by atoms with Crippen molar-refractivity contribution in [1.29, 1.82) is 0 Å². The lowest BCUT2D eigenvalue weighted by Crippen LogP contribution is -1.86. The largest absolute Gasteiger partial charge is 0.367 e. The highest BCUT2D eigenvalue weighted by Gasteiger charge is 2.21. The quantitative estimate of drug-likeness (QED) is 0.575. The number of hydrogen-bond acceptors (Lipinski definition) is 6. The van der Waals surface area contributed by atoms with Crippen molar-refractivity contribution in [2.75, 3.05) is 5.73 Å². The maximum Gasteiger partial charge on any atom is 0.324 e. The highest BCUT2D eigenvalue weighted by molar-refractivity contribution is 7.18. The standard InChI is InChI=1S/C13H8ClN3O3S/c14-8-3-1-7(2-4-8)11-12(16-20-13(11)15)9-5-6-10(21-9)17(18)19/h1-6H,15H2. The van der Waals surface area contributed by atoms with Crippen molar-refractivity contribution in [3.63, 3.8) is 0 Å². The molecule has 21 heavy (non-hydrogen) atoms.